The number of likely N-dealkylation sites (tertiary alicyclic amines) is 1. The predicted octanol–water partition coefficient (Wildman–Crippen LogP) is 2.82. The number of Topliss-reactive ketones (excluding diaryl/α,β-unsaturated/α-hetero) is 1. The molecule has 16 heavy (non-hydrogen) atoms. The molecule has 0 N–H and O–H groups in total. The van der Waals surface area contributed by atoms with Crippen molar-refractivity contribution in [3.8, 4) is 0 Å². The second kappa shape index (κ2) is 7.33. The second-order valence-electron chi connectivity index (χ2n) is 4.84. The first-order chi connectivity index (χ1) is 7.66. The van der Waals surface area contributed by atoms with Gasteiger partial charge in [0.2, 0.25) is 0 Å². The molecule has 2 unspecified atom stereocenters. The number of carbonyl (C=O) groups excluding carboxylic acids is 1. The van der Waals surface area contributed by atoms with Crippen molar-refractivity contribution in [2.45, 2.75) is 45.6 Å². The van der Waals surface area contributed by atoms with Crippen LogP contribution in [0.1, 0.15) is 39.5 Å². The zero-order valence-corrected chi connectivity index (χ0v) is 11.7. The molecule has 0 aromatic carbocycles. The van der Waals surface area contributed by atoms with Crippen LogP contribution >= 0.6 is 11.8 Å². The van der Waals surface area contributed by atoms with Gasteiger partial charge in [0, 0.05) is 24.9 Å². The normalized spacial score (nSPS) is 27.3. The van der Waals surface area contributed by atoms with Crippen molar-refractivity contribution in [1.82, 2.24) is 4.90 Å². The van der Waals surface area contributed by atoms with Crippen molar-refractivity contribution >= 4 is 17.5 Å². The Labute approximate surface area is 104 Å². The molecule has 0 aromatic rings. The summed E-state index contributed by atoms with van der Waals surface area (Å²) in [5, 5.41) is 0. The molecule has 1 fully saturated rings. The Kier molecular flexibility index (Phi) is 6.44. The van der Waals surface area contributed by atoms with Crippen molar-refractivity contribution in [2.75, 3.05) is 25.1 Å². The monoisotopic (exact) mass is 243 g/mol. The summed E-state index contributed by atoms with van der Waals surface area (Å²) in [5.41, 5.74) is 0. The Balaban J connectivity index is 2.19. The molecule has 1 saturated heterocycles. The van der Waals surface area contributed by atoms with E-state index in [1.165, 1.54) is 31.6 Å². The van der Waals surface area contributed by atoms with Gasteiger partial charge in [-0.25, -0.2) is 0 Å². The van der Waals surface area contributed by atoms with E-state index in [0.29, 0.717) is 11.8 Å². The van der Waals surface area contributed by atoms with E-state index < -0.39 is 0 Å². The van der Waals surface area contributed by atoms with Crippen molar-refractivity contribution in [3.63, 3.8) is 0 Å². The topological polar surface area (TPSA) is 20.3 Å². The molecule has 3 heteroatoms. The second-order valence-corrected chi connectivity index (χ2v) is 5.82. The fourth-order valence-corrected chi connectivity index (χ4v) is 2.82. The average Bonchev–Trinajstić information content (AvgIpc) is 2.28. The standard InChI is InChI=1S/C13H25NOS/c1-11-12(2)14(9-7-13(11)15)8-5-4-6-10-16-3/h11-12H,4-10H2,1-3H3. The first-order valence-electron chi connectivity index (χ1n) is 6.42. The highest BCUT2D eigenvalue weighted by Gasteiger charge is 2.29. The maximum Gasteiger partial charge on any atom is 0.138 e. The van der Waals surface area contributed by atoms with Gasteiger partial charge in [0.1, 0.15) is 5.78 Å². The zero-order valence-electron chi connectivity index (χ0n) is 10.9. The molecule has 1 aliphatic rings. The molecule has 2 nitrogen and oxygen atoms in total. The number of rotatable bonds is 6. The van der Waals surface area contributed by atoms with Crippen LogP contribution in [0.2, 0.25) is 0 Å². The first-order valence-corrected chi connectivity index (χ1v) is 7.82. The van der Waals surface area contributed by atoms with E-state index in [9.17, 15) is 4.79 Å². The lowest BCUT2D eigenvalue weighted by molar-refractivity contribution is -0.127. The van der Waals surface area contributed by atoms with Crippen LogP contribution in [-0.4, -0.2) is 41.8 Å². The molecule has 0 amide bonds. The maximum atomic E-state index is 11.5. The van der Waals surface area contributed by atoms with Crippen LogP contribution in [0.4, 0.5) is 0 Å². The van der Waals surface area contributed by atoms with Gasteiger partial charge in [-0.1, -0.05) is 13.3 Å². The predicted molar refractivity (Wildman–Crippen MR) is 72.1 cm³/mol. The smallest absolute Gasteiger partial charge is 0.138 e. The molecular weight excluding hydrogens is 218 g/mol. The van der Waals surface area contributed by atoms with Gasteiger partial charge in [0.05, 0.1) is 0 Å². The average molecular weight is 243 g/mol. The Bertz CT molecular complexity index is 220. The zero-order chi connectivity index (χ0) is 12.0. The molecule has 0 aromatic heterocycles. The molecule has 1 heterocycles. The van der Waals surface area contributed by atoms with E-state index >= 15 is 0 Å². The van der Waals surface area contributed by atoms with Gasteiger partial charge in [-0.05, 0) is 38.3 Å². The highest BCUT2D eigenvalue weighted by atomic mass is 32.2. The van der Waals surface area contributed by atoms with Crippen LogP contribution in [0.3, 0.4) is 0 Å². The highest BCUT2D eigenvalue weighted by molar-refractivity contribution is 7.98. The van der Waals surface area contributed by atoms with Gasteiger partial charge in [0.25, 0.3) is 0 Å². The van der Waals surface area contributed by atoms with E-state index in [4.69, 9.17) is 0 Å². The summed E-state index contributed by atoms with van der Waals surface area (Å²) in [7, 11) is 0. The summed E-state index contributed by atoms with van der Waals surface area (Å²) in [6.07, 6.45) is 6.87. The molecular formula is C13H25NOS. The molecule has 0 spiro atoms. The van der Waals surface area contributed by atoms with Crippen molar-refractivity contribution in [2.24, 2.45) is 5.92 Å². The Morgan fingerprint density at radius 3 is 2.75 bits per heavy atom. The molecule has 94 valence electrons. The molecule has 0 bridgehead atoms. The minimum absolute atomic E-state index is 0.236. The molecule has 2 atom stereocenters. The van der Waals surface area contributed by atoms with E-state index in [1.54, 1.807) is 0 Å². The third-order valence-electron chi connectivity index (χ3n) is 3.75. The van der Waals surface area contributed by atoms with Crippen molar-refractivity contribution in [3.05, 3.63) is 0 Å². The summed E-state index contributed by atoms with van der Waals surface area (Å²) in [4.78, 5) is 14.0. The molecule has 0 radical (unpaired) electrons. The van der Waals surface area contributed by atoms with Gasteiger partial charge in [-0.2, -0.15) is 11.8 Å². The lowest BCUT2D eigenvalue weighted by Crippen LogP contribution is -2.47. The SMILES string of the molecule is CSCCCCCN1CCC(=O)C(C)C1C. The van der Waals surface area contributed by atoms with Crippen LogP contribution in [-0.2, 0) is 4.79 Å². The number of nitrogens with zero attached hydrogens (tertiary/aromatic N) is 1. The number of hydrogen-bond acceptors (Lipinski definition) is 3. The van der Waals surface area contributed by atoms with E-state index in [2.05, 4.69) is 25.0 Å². The number of hydrogen-bond donors (Lipinski definition) is 0. The molecule has 0 saturated carbocycles. The van der Waals surface area contributed by atoms with Gasteiger partial charge in [-0.15, -0.1) is 0 Å². The lowest BCUT2D eigenvalue weighted by atomic mass is 9.90. The summed E-state index contributed by atoms with van der Waals surface area (Å²) < 4.78 is 0. The highest BCUT2D eigenvalue weighted by Crippen LogP contribution is 2.20. The van der Waals surface area contributed by atoms with Gasteiger partial charge >= 0.3 is 0 Å². The fourth-order valence-electron chi connectivity index (χ4n) is 2.32. The minimum Gasteiger partial charge on any atom is -0.300 e. The van der Waals surface area contributed by atoms with Crippen LogP contribution in [0.25, 0.3) is 0 Å². The number of piperidine rings is 1. The third-order valence-corrected chi connectivity index (χ3v) is 4.44. The Morgan fingerprint density at radius 2 is 2.06 bits per heavy atom. The third kappa shape index (κ3) is 4.10. The molecule has 0 aliphatic carbocycles. The summed E-state index contributed by atoms with van der Waals surface area (Å²) >= 11 is 1.93. The van der Waals surface area contributed by atoms with Crippen LogP contribution in [0.5, 0.6) is 0 Å². The number of thioether (sulfide) groups is 1. The summed E-state index contributed by atoms with van der Waals surface area (Å²) in [6, 6.07) is 0.446. The minimum atomic E-state index is 0.236. The van der Waals surface area contributed by atoms with E-state index in [0.717, 1.165) is 13.0 Å². The first kappa shape index (κ1) is 14.0. The van der Waals surface area contributed by atoms with Crippen LogP contribution in [0, 0.1) is 5.92 Å². The van der Waals surface area contributed by atoms with Crippen molar-refractivity contribution < 1.29 is 4.79 Å². The molecule has 1 aliphatic heterocycles. The van der Waals surface area contributed by atoms with Gasteiger partial charge < -0.3 is 0 Å². The van der Waals surface area contributed by atoms with E-state index in [-0.39, 0.29) is 5.92 Å². The number of carbonyl (C=O) groups is 1. The fraction of sp³-hybridized carbons (Fsp3) is 0.923. The lowest BCUT2D eigenvalue weighted by Gasteiger charge is -2.36. The Morgan fingerprint density at radius 1 is 1.31 bits per heavy atom. The van der Waals surface area contributed by atoms with Crippen molar-refractivity contribution in [1.29, 1.82) is 0 Å². The largest absolute Gasteiger partial charge is 0.300 e. The Hall–Kier alpha value is -0.0200. The van der Waals surface area contributed by atoms with Gasteiger partial charge in [-0.3, -0.25) is 9.69 Å². The molecule has 1 rings (SSSR count). The van der Waals surface area contributed by atoms with Crippen LogP contribution in [0.15, 0.2) is 0 Å². The maximum absolute atomic E-state index is 11.5. The number of unbranched alkanes of at least 4 members (excludes halogenated alkanes) is 2. The van der Waals surface area contributed by atoms with Gasteiger partial charge in [0.15, 0.2) is 0 Å². The van der Waals surface area contributed by atoms with E-state index in [1.807, 2.05) is 11.8 Å². The summed E-state index contributed by atoms with van der Waals surface area (Å²) in [6.45, 7) is 6.43. The quantitative estimate of drug-likeness (QED) is 0.669. The van der Waals surface area contributed by atoms with Crippen LogP contribution < -0.4 is 0 Å². The number of ketones is 1. The summed E-state index contributed by atoms with van der Waals surface area (Å²) in [5.74, 6) is 1.97.